The van der Waals surface area contributed by atoms with Crippen molar-refractivity contribution < 1.29 is 19.1 Å². The van der Waals surface area contributed by atoms with Crippen molar-refractivity contribution in [2.75, 3.05) is 4.90 Å². The van der Waals surface area contributed by atoms with E-state index in [4.69, 9.17) is 0 Å². The Labute approximate surface area is 154 Å². The zero-order valence-electron chi connectivity index (χ0n) is 14.6. The smallest absolute Gasteiger partial charge is 0.294 e. The first-order valence-electron chi connectivity index (χ1n) is 8.64. The molecule has 136 valence electrons. The number of nitrogens with one attached hydrogen (secondary N) is 1. The van der Waals surface area contributed by atoms with Crippen LogP contribution in [0.4, 0.5) is 10.1 Å². The van der Waals surface area contributed by atoms with Crippen LogP contribution in [0.25, 0.3) is 10.9 Å². The molecule has 0 fully saturated rings. The number of fused-ring (bicyclic) bond motifs is 1. The van der Waals surface area contributed by atoms with Crippen LogP contribution in [-0.2, 0) is 9.59 Å². The average molecular weight is 364 g/mol. The van der Waals surface area contributed by atoms with Crippen molar-refractivity contribution in [2.45, 2.75) is 19.4 Å². The van der Waals surface area contributed by atoms with Gasteiger partial charge in [-0.05, 0) is 30.3 Å². The molecule has 3 aromatic rings. The van der Waals surface area contributed by atoms with E-state index in [0.717, 1.165) is 10.9 Å². The van der Waals surface area contributed by atoms with Crippen LogP contribution in [0.2, 0.25) is 0 Å². The van der Waals surface area contributed by atoms with E-state index in [1.165, 1.54) is 29.2 Å². The maximum atomic E-state index is 13.4. The molecule has 0 aliphatic carbocycles. The SMILES string of the molecule is CCC(=O)C1=C(O)C(=O)N(c2ccc(F)cc2)C1c1c[nH]c2ccccc12. The van der Waals surface area contributed by atoms with Crippen LogP contribution >= 0.6 is 0 Å². The molecule has 1 aliphatic rings. The summed E-state index contributed by atoms with van der Waals surface area (Å²) in [5, 5.41) is 11.3. The molecule has 27 heavy (non-hydrogen) atoms. The molecule has 0 saturated carbocycles. The number of hydrogen-bond donors (Lipinski definition) is 2. The summed E-state index contributed by atoms with van der Waals surface area (Å²) in [7, 11) is 0. The number of Topliss-reactive ketones (excluding diaryl/α,β-unsaturated/α-hetero) is 1. The van der Waals surface area contributed by atoms with Crippen molar-refractivity contribution in [3.63, 3.8) is 0 Å². The van der Waals surface area contributed by atoms with Crippen LogP contribution in [0.3, 0.4) is 0 Å². The van der Waals surface area contributed by atoms with Gasteiger partial charge in [-0.25, -0.2) is 4.39 Å². The van der Waals surface area contributed by atoms with Gasteiger partial charge in [0.15, 0.2) is 11.5 Å². The van der Waals surface area contributed by atoms with Gasteiger partial charge in [-0.15, -0.1) is 0 Å². The van der Waals surface area contributed by atoms with Crippen molar-refractivity contribution in [2.24, 2.45) is 0 Å². The van der Waals surface area contributed by atoms with Gasteiger partial charge in [-0.1, -0.05) is 25.1 Å². The second kappa shape index (κ2) is 6.39. The lowest BCUT2D eigenvalue weighted by Gasteiger charge is -2.26. The third kappa shape index (κ3) is 2.61. The second-order valence-electron chi connectivity index (χ2n) is 6.38. The highest BCUT2D eigenvalue weighted by Gasteiger charge is 2.44. The first kappa shape index (κ1) is 17.0. The maximum absolute atomic E-state index is 13.4. The molecule has 1 aliphatic heterocycles. The number of aromatic nitrogens is 1. The maximum Gasteiger partial charge on any atom is 0.294 e. The van der Waals surface area contributed by atoms with Crippen LogP contribution in [0.5, 0.6) is 0 Å². The van der Waals surface area contributed by atoms with E-state index in [1.54, 1.807) is 13.1 Å². The number of rotatable bonds is 4. The van der Waals surface area contributed by atoms with Gasteiger partial charge < -0.3 is 10.1 Å². The molecular formula is C21H17FN2O3. The molecule has 1 aromatic heterocycles. The molecule has 0 saturated heterocycles. The number of ketones is 1. The summed E-state index contributed by atoms with van der Waals surface area (Å²) in [4.78, 5) is 29.9. The summed E-state index contributed by atoms with van der Waals surface area (Å²) < 4.78 is 13.4. The summed E-state index contributed by atoms with van der Waals surface area (Å²) in [6.07, 6.45) is 1.89. The molecular weight excluding hydrogens is 347 g/mol. The number of aliphatic hydroxyl groups excluding tert-OH is 1. The molecule has 2 N–H and O–H groups in total. The topological polar surface area (TPSA) is 73.4 Å². The predicted octanol–water partition coefficient (Wildman–Crippen LogP) is 4.19. The number of amides is 1. The summed E-state index contributed by atoms with van der Waals surface area (Å²) in [6, 6.07) is 12.1. The Morgan fingerprint density at radius 1 is 1.19 bits per heavy atom. The molecule has 0 bridgehead atoms. The van der Waals surface area contributed by atoms with E-state index in [2.05, 4.69) is 4.98 Å². The first-order valence-corrected chi connectivity index (χ1v) is 8.64. The largest absolute Gasteiger partial charge is 0.503 e. The number of halogens is 1. The number of carbonyl (C=O) groups is 2. The van der Waals surface area contributed by atoms with Crippen LogP contribution in [0.15, 0.2) is 66.1 Å². The summed E-state index contributed by atoms with van der Waals surface area (Å²) in [5.74, 6) is -1.97. The number of aromatic amines is 1. The predicted molar refractivity (Wildman–Crippen MR) is 99.9 cm³/mol. The molecule has 1 unspecified atom stereocenters. The third-order valence-electron chi connectivity index (χ3n) is 4.85. The van der Waals surface area contributed by atoms with Crippen LogP contribution in [0, 0.1) is 5.82 Å². The molecule has 6 heteroatoms. The molecule has 1 atom stereocenters. The lowest BCUT2D eigenvalue weighted by atomic mass is 9.94. The lowest BCUT2D eigenvalue weighted by molar-refractivity contribution is -0.118. The number of nitrogens with zero attached hydrogens (tertiary/aromatic N) is 1. The first-order chi connectivity index (χ1) is 13.0. The van der Waals surface area contributed by atoms with Crippen molar-refractivity contribution in [1.29, 1.82) is 0 Å². The normalized spacial score (nSPS) is 17.2. The minimum absolute atomic E-state index is 0.0663. The van der Waals surface area contributed by atoms with E-state index >= 15 is 0 Å². The highest BCUT2D eigenvalue weighted by atomic mass is 19.1. The van der Waals surface area contributed by atoms with Gasteiger partial charge in [0.2, 0.25) is 0 Å². The van der Waals surface area contributed by atoms with Gasteiger partial charge in [-0.2, -0.15) is 0 Å². The fourth-order valence-corrected chi connectivity index (χ4v) is 3.56. The van der Waals surface area contributed by atoms with Crippen LogP contribution < -0.4 is 4.90 Å². The Kier molecular flexibility index (Phi) is 4.03. The van der Waals surface area contributed by atoms with Gasteiger partial charge in [0.25, 0.3) is 5.91 Å². The van der Waals surface area contributed by atoms with Crippen LogP contribution in [-0.4, -0.2) is 21.8 Å². The van der Waals surface area contributed by atoms with Gasteiger partial charge >= 0.3 is 0 Å². The van der Waals surface area contributed by atoms with Gasteiger partial charge in [0.1, 0.15) is 5.82 Å². The zero-order valence-corrected chi connectivity index (χ0v) is 14.6. The Bertz CT molecular complexity index is 1080. The molecule has 2 aromatic carbocycles. The number of aliphatic hydroxyl groups is 1. The number of H-pyrrole nitrogens is 1. The Hall–Kier alpha value is -3.41. The van der Waals surface area contributed by atoms with Gasteiger partial charge in [0, 0.05) is 34.8 Å². The molecule has 4 rings (SSSR count). The molecule has 5 nitrogen and oxygen atoms in total. The van der Waals surface area contributed by atoms with Gasteiger partial charge in [0.05, 0.1) is 11.6 Å². The third-order valence-corrected chi connectivity index (χ3v) is 4.85. The standard InChI is InChI=1S/C21H17FN2O3/c1-2-17(25)18-19(15-11-23-16-6-4-3-5-14(15)16)24(21(27)20(18)26)13-9-7-12(22)8-10-13/h3-11,19,23,26H,2H2,1H3. The number of carbonyl (C=O) groups excluding carboxylic acids is 2. The summed E-state index contributed by atoms with van der Waals surface area (Å²) in [5.41, 5.74) is 2.02. The molecule has 2 heterocycles. The Balaban J connectivity index is 1.94. The number of benzene rings is 2. The fraction of sp³-hybridized carbons (Fsp3) is 0.143. The van der Waals surface area contributed by atoms with E-state index < -0.39 is 23.5 Å². The Morgan fingerprint density at radius 2 is 1.89 bits per heavy atom. The van der Waals surface area contributed by atoms with E-state index in [0.29, 0.717) is 11.3 Å². The highest BCUT2D eigenvalue weighted by molar-refractivity contribution is 6.17. The molecule has 0 spiro atoms. The zero-order chi connectivity index (χ0) is 19.1. The minimum Gasteiger partial charge on any atom is -0.503 e. The van der Waals surface area contributed by atoms with Crippen molar-refractivity contribution in [1.82, 2.24) is 4.98 Å². The average Bonchev–Trinajstić information content (AvgIpc) is 3.21. The van der Waals surface area contributed by atoms with Crippen molar-refractivity contribution in [3.8, 4) is 0 Å². The summed E-state index contributed by atoms with van der Waals surface area (Å²) in [6.45, 7) is 1.68. The monoisotopic (exact) mass is 364 g/mol. The van der Waals surface area contributed by atoms with Crippen LogP contribution in [0.1, 0.15) is 24.9 Å². The number of hydrogen-bond acceptors (Lipinski definition) is 3. The summed E-state index contributed by atoms with van der Waals surface area (Å²) >= 11 is 0. The minimum atomic E-state index is -0.786. The molecule has 1 amide bonds. The van der Waals surface area contributed by atoms with E-state index in [-0.39, 0.29) is 17.8 Å². The Morgan fingerprint density at radius 3 is 2.59 bits per heavy atom. The van der Waals surface area contributed by atoms with Gasteiger partial charge in [-0.3, -0.25) is 14.5 Å². The molecule has 0 radical (unpaired) electrons. The van der Waals surface area contributed by atoms with Crippen molar-refractivity contribution >= 4 is 28.3 Å². The quantitative estimate of drug-likeness (QED) is 0.729. The number of para-hydroxylation sites is 1. The second-order valence-corrected chi connectivity index (χ2v) is 6.38. The highest BCUT2D eigenvalue weighted by Crippen LogP contribution is 2.43. The van der Waals surface area contributed by atoms with E-state index in [9.17, 15) is 19.1 Å². The van der Waals surface area contributed by atoms with E-state index in [1.807, 2.05) is 24.3 Å². The van der Waals surface area contributed by atoms with Crippen molar-refractivity contribution in [3.05, 3.63) is 77.4 Å². The lowest BCUT2D eigenvalue weighted by Crippen LogP contribution is -2.30. The fourth-order valence-electron chi connectivity index (χ4n) is 3.56. The number of anilines is 1.